The maximum Gasteiger partial charge on any atom is 0.253 e. The molecule has 0 saturated heterocycles. The van der Waals surface area contributed by atoms with Crippen molar-refractivity contribution in [2.24, 2.45) is 0 Å². The maximum atomic E-state index is 11.9. The molecule has 1 aliphatic rings. The number of amides is 3. The van der Waals surface area contributed by atoms with Crippen LogP contribution in [0.2, 0.25) is 0 Å². The van der Waals surface area contributed by atoms with Gasteiger partial charge in [0.05, 0.1) is 6.61 Å². The fourth-order valence-electron chi connectivity index (χ4n) is 2.87. The summed E-state index contributed by atoms with van der Waals surface area (Å²) in [5, 5.41) is 2.82. The third-order valence-electron chi connectivity index (χ3n) is 4.52. The highest BCUT2D eigenvalue weighted by Crippen LogP contribution is 2.09. The Bertz CT molecular complexity index is 712. The van der Waals surface area contributed by atoms with E-state index in [-0.39, 0.29) is 36.3 Å². The number of carbonyl (C=O) groups is 4. The van der Waals surface area contributed by atoms with Crippen LogP contribution in [0.4, 0.5) is 0 Å². The van der Waals surface area contributed by atoms with E-state index in [4.69, 9.17) is 4.74 Å². The molecule has 156 valence electrons. The second-order valence-electron chi connectivity index (χ2n) is 6.88. The molecule has 0 spiro atoms. The van der Waals surface area contributed by atoms with Crippen LogP contribution >= 0.6 is 0 Å². The first-order chi connectivity index (χ1) is 14.1. The number of nitrogens with one attached hydrogen (secondary N) is 1. The summed E-state index contributed by atoms with van der Waals surface area (Å²) in [4.78, 5) is 47.6. The lowest BCUT2D eigenvalue weighted by molar-refractivity contribution is -0.136. The Morgan fingerprint density at radius 3 is 2.31 bits per heavy atom. The molecule has 0 saturated carbocycles. The van der Waals surface area contributed by atoms with E-state index in [1.165, 1.54) is 17.1 Å². The topological polar surface area (TPSA) is 92.8 Å². The number of hydrogen-bond acceptors (Lipinski definition) is 5. The lowest BCUT2D eigenvalue weighted by Gasteiger charge is -2.12. The van der Waals surface area contributed by atoms with E-state index in [9.17, 15) is 19.2 Å². The zero-order chi connectivity index (χ0) is 20.9. The van der Waals surface area contributed by atoms with Gasteiger partial charge in [-0.15, -0.1) is 0 Å². The molecule has 1 aromatic rings. The van der Waals surface area contributed by atoms with E-state index in [1.54, 1.807) is 0 Å². The van der Waals surface area contributed by atoms with Gasteiger partial charge in [-0.1, -0.05) is 18.2 Å². The van der Waals surface area contributed by atoms with Crippen LogP contribution in [0, 0.1) is 0 Å². The molecule has 0 aromatic heterocycles. The molecule has 0 radical (unpaired) electrons. The quantitative estimate of drug-likeness (QED) is 0.382. The largest absolute Gasteiger partial charge is 0.494 e. The molecule has 0 atom stereocenters. The minimum Gasteiger partial charge on any atom is -0.494 e. The van der Waals surface area contributed by atoms with Gasteiger partial charge in [0, 0.05) is 44.5 Å². The molecule has 0 bridgehead atoms. The smallest absolute Gasteiger partial charge is 0.253 e. The Morgan fingerprint density at radius 2 is 1.59 bits per heavy atom. The highest BCUT2D eigenvalue weighted by molar-refractivity contribution is 6.12. The van der Waals surface area contributed by atoms with Crippen LogP contribution in [-0.4, -0.2) is 48.1 Å². The van der Waals surface area contributed by atoms with Crippen molar-refractivity contribution in [1.29, 1.82) is 0 Å². The highest BCUT2D eigenvalue weighted by Gasteiger charge is 2.22. The number of rotatable bonds is 14. The van der Waals surface area contributed by atoms with Gasteiger partial charge in [-0.25, -0.2) is 0 Å². The van der Waals surface area contributed by atoms with E-state index in [0.29, 0.717) is 39.0 Å². The lowest BCUT2D eigenvalue weighted by atomic mass is 10.1. The summed E-state index contributed by atoms with van der Waals surface area (Å²) in [6.45, 7) is 1.49. The maximum absolute atomic E-state index is 11.9. The minimum atomic E-state index is -0.301. The fourth-order valence-corrected chi connectivity index (χ4v) is 2.87. The van der Waals surface area contributed by atoms with E-state index in [2.05, 4.69) is 5.32 Å². The second-order valence-corrected chi connectivity index (χ2v) is 6.88. The number of imide groups is 1. The van der Waals surface area contributed by atoms with Gasteiger partial charge >= 0.3 is 0 Å². The number of ketones is 1. The van der Waals surface area contributed by atoms with Crippen molar-refractivity contribution in [2.45, 2.75) is 44.9 Å². The van der Waals surface area contributed by atoms with Crippen LogP contribution in [0.15, 0.2) is 42.5 Å². The molecule has 1 N–H and O–H groups in total. The van der Waals surface area contributed by atoms with Crippen molar-refractivity contribution in [1.82, 2.24) is 10.2 Å². The van der Waals surface area contributed by atoms with Crippen LogP contribution in [-0.2, 0) is 19.2 Å². The molecule has 1 heterocycles. The van der Waals surface area contributed by atoms with E-state index < -0.39 is 0 Å². The molecule has 0 aliphatic carbocycles. The minimum absolute atomic E-state index is 0.0219. The number of Topliss-reactive ketones (excluding diaryl/α,β-unsaturated/α-hetero) is 1. The molecular weight excluding hydrogens is 372 g/mol. The van der Waals surface area contributed by atoms with Crippen LogP contribution in [0.3, 0.4) is 0 Å². The van der Waals surface area contributed by atoms with Crippen LogP contribution in [0.1, 0.15) is 44.9 Å². The van der Waals surface area contributed by atoms with Gasteiger partial charge in [0.25, 0.3) is 11.8 Å². The molecular formula is C22H28N2O5. The first kappa shape index (κ1) is 22.3. The monoisotopic (exact) mass is 400 g/mol. The van der Waals surface area contributed by atoms with Crippen molar-refractivity contribution >= 4 is 23.5 Å². The second kappa shape index (κ2) is 12.5. The molecule has 0 unspecified atom stereocenters. The molecule has 3 amide bonds. The highest BCUT2D eigenvalue weighted by atomic mass is 16.5. The third kappa shape index (κ3) is 8.72. The zero-order valence-corrected chi connectivity index (χ0v) is 16.6. The fraction of sp³-hybridized carbons (Fsp3) is 0.455. The average molecular weight is 400 g/mol. The number of unbranched alkanes of at least 4 members (excludes halogenated alkanes) is 2. The van der Waals surface area contributed by atoms with Gasteiger partial charge in [0.1, 0.15) is 11.5 Å². The first-order valence-electron chi connectivity index (χ1n) is 10.1. The number of benzene rings is 1. The molecule has 1 aliphatic heterocycles. The van der Waals surface area contributed by atoms with Gasteiger partial charge in [0.15, 0.2) is 0 Å². The Kier molecular flexibility index (Phi) is 9.62. The summed E-state index contributed by atoms with van der Waals surface area (Å²) in [6.07, 6.45) is 6.10. The van der Waals surface area contributed by atoms with E-state index in [1.807, 2.05) is 30.3 Å². The third-order valence-corrected chi connectivity index (χ3v) is 4.52. The van der Waals surface area contributed by atoms with Gasteiger partial charge in [0.2, 0.25) is 5.91 Å². The SMILES string of the molecule is O=C(CCCCN1C(=O)C=CC1=O)CCC(=O)NCCCCOc1ccccc1. The summed E-state index contributed by atoms with van der Waals surface area (Å²) in [5.41, 5.74) is 0. The average Bonchev–Trinajstić information content (AvgIpc) is 3.04. The predicted octanol–water partition coefficient (Wildman–Crippen LogP) is 2.41. The van der Waals surface area contributed by atoms with E-state index in [0.717, 1.165) is 18.6 Å². The predicted molar refractivity (Wildman–Crippen MR) is 108 cm³/mol. The van der Waals surface area contributed by atoms with Crippen molar-refractivity contribution in [3.63, 3.8) is 0 Å². The summed E-state index contributed by atoms with van der Waals surface area (Å²) in [7, 11) is 0. The lowest BCUT2D eigenvalue weighted by Crippen LogP contribution is -2.30. The molecule has 0 fully saturated rings. The van der Waals surface area contributed by atoms with E-state index >= 15 is 0 Å². The van der Waals surface area contributed by atoms with Crippen molar-refractivity contribution < 1.29 is 23.9 Å². The van der Waals surface area contributed by atoms with Crippen LogP contribution in [0.5, 0.6) is 5.75 Å². The summed E-state index contributed by atoms with van der Waals surface area (Å²) in [5.74, 6) is 0.134. The molecule has 7 nitrogen and oxygen atoms in total. The van der Waals surface area contributed by atoms with Gasteiger partial charge in [-0.2, -0.15) is 0 Å². The molecule has 1 aromatic carbocycles. The number of ether oxygens (including phenoxy) is 1. The molecule has 29 heavy (non-hydrogen) atoms. The van der Waals surface area contributed by atoms with Crippen molar-refractivity contribution in [3.8, 4) is 5.75 Å². The van der Waals surface area contributed by atoms with Gasteiger partial charge in [-0.05, 0) is 37.8 Å². The Labute approximate surface area is 171 Å². The zero-order valence-electron chi connectivity index (χ0n) is 16.6. The summed E-state index contributed by atoms with van der Waals surface area (Å²) >= 11 is 0. The standard InChI is InChI=1S/C22H28N2O5/c25-18(8-4-6-16-24-21(27)13-14-22(24)28)11-12-20(26)23-15-5-7-17-29-19-9-2-1-3-10-19/h1-3,9-10,13-14H,4-8,11-12,15-17H2,(H,23,26). The Hall–Kier alpha value is -2.96. The van der Waals surface area contributed by atoms with Crippen molar-refractivity contribution in [2.75, 3.05) is 19.7 Å². The Morgan fingerprint density at radius 1 is 0.862 bits per heavy atom. The number of hydrogen-bond donors (Lipinski definition) is 1. The molecule has 2 rings (SSSR count). The number of nitrogens with zero attached hydrogens (tertiary/aromatic N) is 1. The Balaban J connectivity index is 1.42. The molecule has 7 heteroatoms. The van der Waals surface area contributed by atoms with Gasteiger partial charge in [-0.3, -0.25) is 24.1 Å². The number of para-hydroxylation sites is 1. The summed E-state index contributed by atoms with van der Waals surface area (Å²) < 4.78 is 5.58. The summed E-state index contributed by atoms with van der Waals surface area (Å²) in [6, 6.07) is 9.58. The first-order valence-corrected chi connectivity index (χ1v) is 10.1. The number of carbonyl (C=O) groups excluding carboxylic acids is 4. The normalized spacial score (nSPS) is 13.0. The van der Waals surface area contributed by atoms with Crippen LogP contribution in [0.25, 0.3) is 0 Å². The van der Waals surface area contributed by atoms with Crippen molar-refractivity contribution in [3.05, 3.63) is 42.5 Å². The van der Waals surface area contributed by atoms with Gasteiger partial charge < -0.3 is 10.1 Å². The van der Waals surface area contributed by atoms with Crippen LogP contribution < -0.4 is 10.1 Å².